The Morgan fingerprint density at radius 1 is 0.943 bits per heavy atom. The Labute approximate surface area is 212 Å². The summed E-state index contributed by atoms with van der Waals surface area (Å²) in [4.78, 5) is 21.6. The summed E-state index contributed by atoms with van der Waals surface area (Å²) < 4.78 is 7.61. The van der Waals surface area contributed by atoms with E-state index in [1.807, 2.05) is 12.1 Å². The van der Waals surface area contributed by atoms with Crippen molar-refractivity contribution in [1.82, 2.24) is 15.0 Å². The molecular weight excluding hydrogens is 487 g/mol. The van der Waals surface area contributed by atoms with E-state index in [1.54, 1.807) is 77.8 Å². The van der Waals surface area contributed by atoms with Gasteiger partial charge in [-0.15, -0.1) is 0 Å². The number of ketones is 1. The molecule has 0 amide bonds. The Kier molecular flexibility index (Phi) is 6.74. The molecule has 35 heavy (non-hydrogen) atoms. The van der Waals surface area contributed by atoms with Crippen molar-refractivity contribution in [2.75, 3.05) is 0 Å². The molecule has 2 atom stereocenters. The first-order valence-corrected chi connectivity index (χ1v) is 11.7. The number of carbonyl (C=O) groups excluding carboxylic acids is 1. The molecule has 1 aromatic carbocycles. The number of carbonyl (C=O) groups is 1. The number of ether oxygens (including phenoxy) is 1. The van der Waals surface area contributed by atoms with Gasteiger partial charge in [-0.1, -0.05) is 47.5 Å². The first-order valence-electron chi connectivity index (χ1n) is 10.9. The van der Waals surface area contributed by atoms with Gasteiger partial charge in [0.1, 0.15) is 22.7 Å². The molecule has 9 heteroatoms. The highest BCUT2D eigenvalue weighted by atomic mass is 35.5. The third-order valence-electron chi connectivity index (χ3n) is 5.84. The van der Waals surface area contributed by atoms with Gasteiger partial charge in [-0.2, -0.15) is 4.57 Å². The molecule has 1 aliphatic heterocycles. The maximum absolute atomic E-state index is 13.7. The zero-order chi connectivity index (χ0) is 24.4. The molecule has 4 heterocycles. The zero-order valence-corrected chi connectivity index (χ0v) is 19.9. The summed E-state index contributed by atoms with van der Waals surface area (Å²) in [7, 11) is 0. The Bertz CT molecular complexity index is 1350. The first-order chi connectivity index (χ1) is 17.0. The van der Waals surface area contributed by atoms with E-state index >= 15 is 0 Å². The number of halogens is 2. The van der Waals surface area contributed by atoms with E-state index in [0.717, 1.165) is 16.2 Å². The van der Waals surface area contributed by atoms with Gasteiger partial charge in [0.15, 0.2) is 6.20 Å². The predicted octanol–water partition coefficient (Wildman–Crippen LogP) is 5.13. The number of hydrogen-bond acceptors (Lipinski definition) is 6. The Balaban J connectivity index is 1.44. The highest BCUT2D eigenvalue weighted by Gasteiger charge is 2.42. The zero-order valence-electron chi connectivity index (χ0n) is 18.4. The molecule has 0 saturated heterocycles. The molecule has 3 aromatic heterocycles. The van der Waals surface area contributed by atoms with Gasteiger partial charge in [0.25, 0.3) is 5.69 Å². The fourth-order valence-corrected chi connectivity index (χ4v) is 4.36. The minimum Gasteiger partial charge on any atom is -0.780 e. The molecule has 0 saturated carbocycles. The maximum Gasteiger partial charge on any atom is 0.252 e. The molecule has 0 spiro atoms. The van der Waals surface area contributed by atoms with Crippen LogP contribution in [-0.4, -0.2) is 20.8 Å². The monoisotopic (exact) mass is 506 g/mol. The lowest BCUT2D eigenvalue weighted by atomic mass is 9.95. The second-order valence-electron chi connectivity index (χ2n) is 8.14. The van der Waals surface area contributed by atoms with Crippen LogP contribution in [0.4, 0.5) is 0 Å². The van der Waals surface area contributed by atoms with E-state index in [9.17, 15) is 10.0 Å². The third-order valence-corrected chi connectivity index (χ3v) is 6.28. The molecule has 0 radical (unpaired) electrons. The summed E-state index contributed by atoms with van der Waals surface area (Å²) in [6.07, 6.45) is 4.76. The lowest BCUT2D eigenvalue weighted by molar-refractivity contribution is -0.748. The number of aromatic nitrogens is 3. The number of nitrogens with zero attached hydrogens (tertiary/aromatic N) is 4. The molecule has 7 nitrogen and oxygen atoms in total. The summed E-state index contributed by atoms with van der Waals surface area (Å²) in [6, 6.07) is 18.4. The number of hydrogen-bond donors (Lipinski definition) is 0. The number of Topliss-reactive ketones (excluding diaryl/α,β-unsaturated/α-hetero) is 1. The molecule has 0 aliphatic carbocycles. The van der Waals surface area contributed by atoms with Crippen molar-refractivity contribution in [3.8, 4) is 5.75 Å². The van der Waals surface area contributed by atoms with Crippen LogP contribution in [-0.2, 0) is 13.0 Å². The summed E-state index contributed by atoms with van der Waals surface area (Å²) in [6.45, 7) is 0.276. The van der Waals surface area contributed by atoms with Gasteiger partial charge in [0.05, 0.1) is 12.5 Å². The second-order valence-corrected chi connectivity index (χ2v) is 8.92. The minimum absolute atomic E-state index is 0.273. The van der Waals surface area contributed by atoms with Crippen molar-refractivity contribution in [2.24, 2.45) is 0 Å². The van der Waals surface area contributed by atoms with Gasteiger partial charge < -0.3 is 15.0 Å². The van der Waals surface area contributed by atoms with Crippen LogP contribution in [0.2, 0.25) is 10.3 Å². The van der Waals surface area contributed by atoms with E-state index in [-0.39, 0.29) is 12.4 Å². The van der Waals surface area contributed by atoms with Gasteiger partial charge in [-0.3, -0.25) is 4.79 Å². The van der Waals surface area contributed by atoms with Crippen molar-refractivity contribution >= 4 is 29.0 Å². The molecule has 0 N–H and O–H groups in total. The predicted molar refractivity (Wildman–Crippen MR) is 131 cm³/mol. The maximum atomic E-state index is 13.7. The minimum atomic E-state index is -1.01. The molecule has 0 fully saturated rings. The molecule has 2 unspecified atom stereocenters. The van der Waals surface area contributed by atoms with Gasteiger partial charge in [-0.05, 0) is 41.5 Å². The standard InChI is InChI=1S/C26H20Cl2N4O3/c27-22-9-7-17(14-29-22)12-24-31-11-2-1-6-21(31)26(33)25(32(24)34)19-4-3-5-20(13-19)35-16-18-8-10-23(28)30-15-18/h1-11,13-15,24-25H,12,16H2. The molecule has 0 bridgehead atoms. The van der Waals surface area contributed by atoms with Gasteiger partial charge in [-0.25, -0.2) is 9.97 Å². The number of pyridine rings is 3. The van der Waals surface area contributed by atoms with Crippen LogP contribution < -0.4 is 9.30 Å². The summed E-state index contributed by atoms with van der Waals surface area (Å²) in [5.74, 6) is 0.272. The Hall–Kier alpha value is -3.36. The highest BCUT2D eigenvalue weighted by molar-refractivity contribution is 6.29. The normalized spacial score (nSPS) is 17.7. The summed E-state index contributed by atoms with van der Waals surface area (Å²) in [5, 5.41) is 15.3. The Morgan fingerprint density at radius 3 is 2.40 bits per heavy atom. The van der Waals surface area contributed by atoms with Crippen molar-refractivity contribution in [3.63, 3.8) is 0 Å². The van der Waals surface area contributed by atoms with Gasteiger partial charge in [0, 0.05) is 30.1 Å². The van der Waals surface area contributed by atoms with Crippen LogP contribution in [0.1, 0.15) is 39.4 Å². The highest BCUT2D eigenvalue weighted by Crippen LogP contribution is 2.34. The lowest BCUT2D eigenvalue weighted by Gasteiger charge is -2.42. The fourth-order valence-electron chi connectivity index (χ4n) is 4.13. The van der Waals surface area contributed by atoms with Crippen molar-refractivity contribution in [3.05, 3.63) is 123 Å². The van der Waals surface area contributed by atoms with Gasteiger partial charge in [0.2, 0.25) is 11.9 Å². The van der Waals surface area contributed by atoms with E-state index in [2.05, 4.69) is 9.97 Å². The van der Waals surface area contributed by atoms with Crippen molar-refractivity contribution in [1.29, 1.82) is 0 Å². The molecular formula is C26H20Cl2N4O3. The van der Waals surface area contributed by atoms with Crippen LogP contribution in [0, 0.1) is 5.21 Å². The number of rotatable bonds is 6. The largest absolute Gasteiger partial charge is 0.780 e. The van der Waals surface area contributed by atoms with Crippen LogP contribution in [0.15, 0.2) is 85.3 Å². The van der Waals surface area contributed by atoms with Crippen molar-refractivity contribution in [2.45, 2.75) is 25.2 Å². The first kappa shape index (κ1) is 23.4. The van der Waals surface area contributed by atoms with Crippen LogP contribution in [0.25, 0.3) is 0 Å². The van der Waals surface area contributed by atoms with Gasteiger partial charge >= 0.3 is 0 Å². The summed E-state index contributed by atoms with van der Waals surface area (Å²) in [5.41, 5.74) is 2.71. The van der Waals surface area contributed by atoms with E-state index in [0.29, 0.717) is 33.7 Å². The van der Waals surface area contributed by atoms with E-state index in [4.69, 9.17) is 27.9 Å². The molecule has 4 aromatic rings. The number of fused-ring (bicyclic) bond motifs is 1. The average molecular weight is 507 g/mol. The molecule has 1 aliphatic rings. The van der Waals surface area contributed by atoms with Crippen LogP contribution >= 0.6 is 23.2 Å². The fraction of sp³-hybridized carbons (Fsp3) is 0.154. The van der Waals surface area contributed by atoms with Crippen LogP contribution in [0.3, 0.4) is 0 Å². The summed E-state index contributed by atoms with van der Waals surface area (Å²) >= 11 is 11.8. The SMILES string of the molecule is O=C1c2cccc[n+]2C(Cc2ccc(Cl)nc2)N([O-])C1c1cccc(OCc2ccc(Cl)nc2)c1. The molecule has 5 rings (SSSR count). The van der Waals surface area contributed by atoms with Crippen molar-refractivity contribution < 1.29 is 14.1 Å². The molecule has 176 valence electrons. The number of hydroxylamine groups is 2. The smallest absolute Gasteiger partial charge is 0.252 e. The quantitative estimate of drug-likeness (QED) is 0.266. The van der Waals surface area contributed by atoms with Crippen LogP contribution in [0.5, 0.6) is 5.75 Å². The topological polar surface area (TPSA) is 82.3 Å². The number of benzene rings is 1. The van der Waals surface area contributed by atoms with E-state index in [1.165, 1.54) is 0 Å². The lowest BCUT2D eigenvalue weighted by Crippen LogP contribution is -2.59. The van der Waals surface area contributed by atoms with E-state index < -0.39 is 12.2 Å². The third kappa shape index (κ3) is 5.04. The second kappa shape index (κ2) is 10.1. The average Bonchev–Trinajstić information content (AvgIpc) is 2.88. The Morgan fingerprint density at radius 2 is 1.69 bits per heavy atom.